The van der Waals surface area contributed by atoms with Crippen molar-refractivity contribution >= 4 is 16.9 Å². The molecule has 0 unspecified atom stereocenters. The first-order chi connectivity index (χ1) is 14.3. The van der Waals surface area contributed by atoms with E-state index in [-0.39, 0.29) is 0 Å². The number of nitrogens with one attached hydrogen (secondary N) is 1. The molecule has 0 saturated heterocycles. The Kier molecular flexibility index (Phi) is 4.63. The average Bonchev–Trinajstić information content (AvgIpc) is 3.19. The Hall–Kier alpha value is -3.35. The number of aryl methyl sites for hydroxylation is 2. The molecule has 1 aromatic carbocycles. The van der Waals surface area contributed by atoms with Crippen molar-refractivity contribution in [1.82, 2.24) is 25.1 Å². The van der Waals surface area contributed by atoms with E-state index in [0.717, 1.165) is 35.3 Å². The summed E-state index contributed by atoms with van der Waals surface area (Å²) in [6, 6.07) is 9.85. The molecular formula is C22H22N6O. The third kappa shape index (κ3) is 3.68. The quantitative estimate of drug-likeness (QED) is 0.556. The lowest BCUT2D eigenvalue weighted by Gasteiger charge is -2.17. The molecule has 0 aliphatic heterocycles. The molecule has 3 aromatic heterocycles. The third-order valence-electron chi connectivity index (χ3n) is 5.30. The highest BCUT2D eigenvalue weighted by atomic mass is 16.3. The summed E-state index contributed by atoms with van der Waals surface area (Å²) < 4.78 is 5.87. The van der Waals surface area contributed by atoms with E-state index >= 15 is 0 Å². The lowest BCUT2D eigenvalue weighted by molar-refractivity contribution is 0.627. The standard InChI is InChI=1S/C22H22N6O/c1-14-16-7-3-4-8-17(16)26-21(25-14)10-11-23-22-27-18(13-24-28-22)20-12-15-6-2-5-9-19(15)29-20/h2,5-6,9,12-13H,3-4,7-8,10-11H2,1H3,(H,23,27,28). The van der Waals surface area contributed by atoms with Crippen molar-refractivity contribution in [3.05, 3.63) is 59.3 Å². The number of hydrogen-bond acceptors (Lipinski definition) is 7. The van der Waals surface area contributed by atoms with Gasteiger partial charge in [0.05, 0.1) is 6.20 Å². The van der Waals surface area contributed by atoms with Gasteiger partial charge in [-0.2, -0.15) is 5.10 Å². The maximum Gasteiger partial charge on any atom is 0.243 e. The molecule has 1 N–H and O–H groups in total. The number of aromatic nitrogens is 5. The molecular weight excluding hydrogens is 364 g/mol. The van der Waals surface area contributed by atoms with Gasteiger partial charge < -0.3 is 9.73 Å². The summed E-state index contributed by atoms with van der Waals surface area (Å²) in [7, 11) is 0. The summed E-state index contributed by atoms with van der Waals surface area (Å²) in [6.45, 7) is 2.73. The molecule has 0 radical (unpaired) electrons. The maximum atomic E-state index is 5.87. The van der Waals surface area contributed by atoms with Crippen LogP contribution in [0.15, 0.2) is 40.9 Å². The summed E-state index contributed by atoms with van der Waals surface area (Å²) in [5.74, 6) is 2.02. The third-order valence-corrected chi connectivity index (χ3v) is 5.30. The molecule has 3 heterocycles. The van der Waals surface area contributed by atoms with Gasteiger partial charge in [-0.05, 0) is 50.3 Å². The van der Waals surface area contributed by atoms with Gasteiger partial charge in [0.1, 0.15) is 17.1 Å². The van der Waals surface area contributed by atoms with Gasteiger partial charge in [0, 0.05) is 29.7 Å². The molecule has 0 spiro atoms. The van der Waals surface area contributed by atoms with Crippen molar-refractivity contribution in [1.29, 1.82) is 0 Å². The fraction of sp³-hybridized carbons (Fsp3) is 0.318. The first-order valence-corrected chi connectivity index (χ1v) is 10.0. The van der Waals surface area contributed by atoms with Gasteiger partial charge in [0.25, 0.3) is 0 Å². The van der Waals surface area contributed by atoms with Crippen molar-refractivity contribution in [2.45, 2.75) is 39.0 Å². The first-order valence-electron chi connectivity index (χ1n) is 10.0. The van der Waals surface area contributed by atoms with Gasteiger partial charge in [-0.1, -0.05) is 18.2 Å². The molecule has 4 aromatic rings. The molecule has 0 saturated carbocycles. The summed E-state index contributed by atoms with van der Waals surface area (Å²) in [6.07, 6.45) is 6.95. The number of benzene rings is 1. The molecule has 7 nitrogen and oxygen atoms in total. The zero-order valence-electron chi connectivity index (χ0n) is 16.4. The zero-order valence-corrected chi connectivity index (χ0v) is 16.4. The molecule has 0 fully saturated rings. The molecule has 146 valence electrons. The predicted octanol–water partition coefficient (Wildman–Crippen LogP) is 3.92. The van der Waals surface area contributed by atoms with Crippen LogP contribution >= 0.6 is 0 Å². The van der Waals surface area contributed by atoms with Crippen molar-refractivity contribution < 1.29 is 4.42 Å². The number of para-hydroxylation sites is 1. The van der Waals surface area contributed by atoms with Crippen molar-refractivity contribution in [2.75, 3.05) is 11.9 Å². The Labute approximate surface area is 168 Å². The minimum atomic E-state index is 0.470. The maximum absolute atomic E-state index is 5.87. The Balaban J connectivity index is 1.28. The second-order valence-corrected chi connectivity index (χ2v) is 7.35. The van der Waals surface area contributed by atoms with Gasteiger partial charge >= 0.3 is 0 Å². The molecule has 0 bridgehead atoms. The summed E-state index contributed by atoms with van der Waals surface area (Å²) in [4.78, 5) is 14.0. The predicted molar refractivity (Wildman–Crippen MR) is 111 cm³/mol. The Morgan fingerprint density at radius 1 is 1.07 bits per heavy atom. The Morgan fingerprint density at radius 3 is 2.90 bits per heavy atom. The van der Waals surface area contributed by atoms with Crippen LogP contribution in [-0.4, -0.2) is 31.7 Å². The highest BCUT2D eigenvalue weighted by Crippen LogP contribution is 2.26. The van der Waals surface area contributed by atoms with E-state index in [4.69, 9.17) is 9.40 Å². The van der Waals surface area contributed by atoms with E-state index in [1.807, 2.05) is 30.3 Å². The second kappa shape index (κ2) is 7.58. The zero-order chi connectivity index (χ0) is 19.6. The number of anilines is 1. The van der Waals surface area contributed by atoms with Crippen LogP contribution in [-0.2, 0) is 19.3 Å². The topological polar surface area (TPSA) is 89.6 Å². The number of fused-ring (bicyclic) bond motifs is 2. The fourth-order valence-electron chi connectivity index (χ4n) is 3.85. The highest BCUT2D eigenvalue weighted by Gasteiger charge is 2.15. The smallest absolute Gasteiger partial charge is 0.243 e. The molecule has 7 heteroatoms. The normalized spacial score (nSPS) is 13.4. The number of furan rings is 1. The summed E-state index contributed by atoms with van der Waals surface area (Å²) in [5, 5.41) is 12.4. The van der Waals surface area contributed by atoms with E-state index in [2.05, 4.69) is 32.4 Å². The monoisotopic (exact) mass is 386 g/mol. The largest absolute Gasteiger partial charge is 0.454 e. The summed E-state index contributed by atoms with van der Waals surface area (Å²) >= 11 is 0. The van der Waals surface area contributed by atoms with Crippen LogP contribution in [0.25, 0.3) is 22.4 Å². The highest BCUT2D eigenvalue weighted by molar-refractivity contribution is 5.82. The van der Waals surface area contributed by atoms with E-state index in [9.17, 15) is 0 Å². The number of nitrogens with zero attached hydrogens (tertiary/aromatic N) is 5. The average molecular weight is 386 g/mol. The van der Waals surface area contributed by atoms with E-state index < -0.39 is 0 Å². The van der Waals surface area contributed by atoms with Crippen LogP contribution in [0, 0.1) is 6.92 Å². The van der Waals surface area contributed by atoms with Gasteiger partial charge in [0.2, 0.25) is 5.95 Å². The molecule has 1 aliphatic rings. The minimum Gasteiger partial charge on any atom is -0.454 e. The van der Waals surface area contributed by atoms with Gasteiger partial charge in [-0.15, -0.1) is 5.10 Å². The van der Waals surface area contributed by atoms with Crippen LogP contribution < -0.4 is 5.32 Å². The van der Waals surface area contributed by atoms with Gasteiger partial charge in [0.15, 0.2) is 5.76 Å². The number of hydrogen-bond donors (Lipinski definition) is 1. The first kappa shape index (κ1) is 17.7. The van der Waals surface area contributed by atoms with Crippen molar-refractivity contribution in [3.63, 3.8) is 0 Å². The molecule has 0 atom stereocenters. The Bertz CT molecular complexity index is 1140. The van der Waals surface area contributed by atoms with Crippen molar-refractivity contribution in [2.24, 2.45) is 0 Å². The van der Waals surface area contributed by atoms with Crippen LogP contribution in [0.5, 0.6) is 0 Å². The molecule has 29 heavy (non-hydrogen) atoms. The SMILES string of the molecule is Cc1nc(CCNc2nncc(-c3cc4ccccc4o3)n2)nc2c1CCCC2. The van der Waals surface area contributed by atoms with Crippen LogP contribution in [0.4, 0.5) is 5.95 Å². The molecule has 0 amide bonds. The summed E-state index contributed by atoms with van der Waals surface area (Å²) in [5.41, 5.74) is 5.17. The second-order valence-electron chi connectivity index (χ2n) is 7.35. The minimum absolute atomic E-state index is 0.470. The number of rotatable bonds is 5. The van der Waals surface area contributed by atoms with Gasteiger partial charge in [-0.25, -0.2) is 15.0 Å². The van der Waals surface area contributed by atoms with Gasteiger partial charge in [-0.3, -0.25) is 0 Å². The lowest BCUT2D eigenvalue weighted by Crippen LogP contribution is -2.15. The van der Waals surface area contributed by atoms with E-state index in [1.54, 1.807) is 6.20 Å². The molecule has 1 aliphatic carbocycles. The van der Waals surface area contributed by atoms with Crippen LogP contribution in [0.1, 0.15) is 35.6 Å². The van der Waals surface area contributed by atoms with Crippen LogP contribution in [0.2, 0.25) is 0 Å². The Morgan fingerprint density at radius 2 is 1.97 bits per heavy atom. The van der Waals surface area contributed by atoms with Crippen LogP contribution in [0.3, 0.4) is 0 Å². The lowest BCUT2D eigenvalue weighted by atomic mass is 9.95. The molecule has 5 rings (SSSR count). The fourth-order valence-corrected chi connectivity index (χ4v) is 3.85. The van der Waals surface area contributed by atoms with E-state index in [0.29, 0.717) is 30.4 Å². The van der Waals surface area contributed by atoms with Crippen molar-refractivity contribution in [3.8, 4) is 11.5 Å². The van der Waals surface area contributed by atoms with E-state index in [1.165, 1.54) is 24.1 Å².